The number of hydrogen-bond donors (Lipinski definition) is 6. The lowest BCUT2D eigenvalue weighted by molar-refractivity contribution is -0.341. The summed E-state index contributed by atoms with van der Waals surface area (Å²) in [6.45, 7) is 0.473. The number of ether oxygens (including phenoxy) is 4. The van der Waals surface area contributed by atoms with Gasteiger partial charge in [-0.05, 0) is 0 Å². The lowest BCUT2D eigenvalue weighted by Gasteiger charge is -2.44. The summed E-state index contributed by atoms with van der Waals surface area (Å²) in [6, 6.07) is -0.780. The quantitative estimate of drug-likeness (QED) is 0.289. The summed E-state index contributed by atoms with van der Waals surface area (Å²) in [5.41, 5.74) is 0. The van der Waals surface area contributed by atoms with Crippen molar-refractivity contribution in [2.45, 2.75) is 68.3 Å². The average molecular weight is 365 g/mol. The van der Waals surface area contributed by atoms with E-state index in [0.717, 1.165) is 0 Å². The van der Waals surface area contributed by atoms with E-state index >= 15 is 0 Å². The Morgan fingerprint density at radius 2 is 1.60 bits per heavy atom. The lowest BCUT2D eigenvalue weighted by atomic mass is 9.96. The van der Waals surface area contributed by atoms with E-state index in [2.05, 4.69) is 4.99 Å². The zero-order valence-electron chi connectivity index (χ0n) is 13.5. The Kier molecular flexibility index (Phi) is 5.58. The molecule has 6 N–H and O–H groups in total. The van der Waals surface area contributed by atoms with Crippen molar-refractivity contribution in [3.05, 3.63) is 0 Å². The summed E-state index contributed by atoms with van der Waals surface area (Å²) in [6.07, 6.45) is -11.6. The predicted molar refractivity (Wildman–Crippen MR) is 78.4 cm³/mol. The number of rotatable bonds is 4. The highest BCUT2D eigenvalue weighted by Gasteiger charge is 2.52. The third-order valence-corrected chi connectivity index (χ3v) is 4.58. The Bertz CT molecular complexity index is 502. The standard InChI is InChI=1S/C14H23NO10/c1-4-15-7-9(19)12(6(3-17)24-13(7)22-4)25-14-11(21)10(20)8(18)5(2-16)23-14/h5-14,16-21H,2-3H2,1H3/t5?,6?,7?,8-,9+,10-,11?,12+,13+,14-/m0/s1. The summed E-state index contributed by atoms with van der Waals surface area (Å²) in [4.78, 5) is 4.11. The van der Waals surface area contributed by atoms with Crippen molar-refractivity contribution in [2.75, 3.05) is 13.2 Å². The lowest BCUT2D eigenvalue weighted by Crippen LogP contribution is -2.63. The zero-order chi connectivity index (χ0) is 18.3. The summed E-state index contributed by atoms with van der Waals surface area (Å²) in [5.74, 6) is 0.319. The number of hydrogen-bond acceptors (Lipinski definition) is 11. The van der Waals surface area contributed by atoms with E-state index in [9.17, 15) is 30.6 Å². The predicted octanol–water partition coefficient (Wildman–Crippen LogP) is -3.93. The van der Waals surface area contributed by atoms with Crippen LogP contribution >= 0.6 is 0 Å². The number of aliphatic imine (C=N–C) groups is 1. The molecule has 3 aliphatic rings. The molecular formula is C14H23NO10. The Balaban J connectivity index is 1.75. The van der Waals surface area contributed by atoms with Gasteiger partial charge in [-0.1, -0.05) is 0 Å². The number of fused-ring (bicyclic) bond motifs is 1. The van der Waals surface area contributed by atoms with Gasteiger partial charge >= 0.3 is 0 Å². The van der Waals surface area contributed by atoms with Gasteiger partial charge in [0, 0.05) is 6.92 Å². The first kappa shape index (κ1) is 18.9. The molecule has 144 valence electrons. The highest BCUT2D eigenvalue weighted by atomic mass is 16.7. The van der Waals surface area contributed by atoms with Gasteiger partial charge in [0.15, 0.2) is 12.2 Å². The second-order valence-corrected chi connectivity index (χ2v) is 6.27. The molecule has 11 nitrogen and oxygen atoms in total. The van der Waals surface area contributed by atoms with Crippen molar-refractivity contribution in [1.82, 2.24) is 0 Å². The fraction of sp³-hybridized carbons (Fsp3) is 0.929. The molecule has 0 aromatic rings. The van der Waals surface area contributed by atoms with Crippen LogP contribution in [0.5, 0.6) is 0 Å². The molecule has 0 aromatic heterocycles. The molecule has 4 unspecified atom stereocenters. The molecule has 0 aromatic carbocycles. The second kappa shape index (κ2) is 7.39. The van der Waals surface area contributed by atoms with Crippen molar-refractivity contribution < 1.29 is 49.6 Å². The average Bonchev–Trinajstić information content (AvgIpc) is 2.97. The van der Waals surface area contributed by atoms with E-state index < -0.39 is 74.6 Å². The second-order valence-electron chi connectivity index (χ2n) is 6.27. The minimum atomic E-state index is -1.63. The van der Waals surface area contributed by atoms with Gasteiger partial charge in [-0.3, -0.25) is 0 Å². The topological polar surface area (TPSA) is 171 Å². The highest BCUT2D eigenvalue weighted by Crippen LogP contribution is 2.32. The summed E-state index contributed by atoms with van der Waals surface area (Å²) in [5, 5.41) is 58.9. The third-order valence-electron chi connectivity index (χ3n) is 4.58. The SMILES string of the molecule is CC1=NC2[C@H](O1)OC(CO)[C@@H](O[C@@H]1OC(CO)[C@H](O)[C@H](O)C1O)[C@@H]2O. The van der Waals surface area contributed by atoms with E-state index in [1.165, 1.54) is 0 Å². The monoisotopic (exact) mass is 365 g/mol. The molecule has 0 bridgehead atoms. The Morgan fingerprint density at radius 3 is 2.24 bits per heavy atom. The molecule has 3 heterocycles. The Labute approximate surface area is 143 Å². The van der Waals surface area contributed by atoms with Crippen molar-refractivity contribution in [2.24, 2.45) is 4.99 Å². The first-order valence-corrected chi connectivity index (χ1v) is 7.98. The van der Waals surface area contributed by atoms with Gasteiger partial charge in [0.1, 0.15) is 48.8 Å². The molecule has 10 atom stereocenters. The van der Waals surface area contributed by atoms with Gasteiger partial charge in [0.2, 0.25) is 6.29 Å². The normalized spacial score (nSPS) is 50.1. The fourth-order valence-corrected chi connectivity index (χ4v) is 3.20. The molecule has 3 aliphatic heterocycles. The van der Waals surface area contributed by atoms with Gasteiger partial charge in [-0.15, -0.1) is 0 Å². The van der Waals surface area contributed by atoms with Gasteiger partial charge in [0.25, 0.3) is 0 Å². The zero-order valence-corrected chi connectivity index (χ0v) is 13.5. The molecule has 2 fully saturated rings. The summed E-state index contributed by atoms with van der Waals surface area (Å²) in [7, 11) is 0. The van der Waals surface area contributed by atoms with Crippen LogP contribution in [0.3, 0.4) is 0 Å². The van der Waals surface area contributed by atoms with Crippen LogP contribution in [-0.2, 0) is 18.9 Å². The highest BCUT2D eigenvalue weighted by molar-refractivity contribution is 5.75. The number of nitrogens with zero attached hydrogens (tertiary/aromatic N) is 1. The number of aliphatic hydroxyl groups is 6. The number of aliphatic hydroxyl groups excluding tert-OH is 6. The molecule has 0 radical (unpaired) electrons. The van der Waals surface area contributed by atoms with Crippen LogP contribution in [0.25, 0.3) is 0 Å². The Morgan fingerprint density at radius 1 is 0.920 bits per heavy atom. The fourth-order valence-electron chi connectivity index (χ4n) is 3.20. The van der Waals surface area contributed by atoms with Gasteiger partial charge < -0.3 is 49.6 Å². The smallest absolute Gasteiger partial charge is 0.227 e. The molecule has 11 heteroatoms. The van der Waals surface area contributed by atoms with E-state index in [0.29, 0.717) is 5.90 Å². The van der Waals surface area contributed by atoms with Crippen LogP contribution < -0.4 is 0 Å². The van der Waals surface area contributed by atoms with E-state index in [-0.39, 0.29) is 0 Å². The van der Waals surface area contributed by atoms with Crippen molar-refractivity contribution in [3.63, 3.8) is 0 Å². The van der Waals surface area contributed by atoms with Crippen LogP contribution in [0.15, 0.2) is 4.99 Å². The maximum absolute atomic E-state index is 10.5. The van der Waals surface area contributed by atoms with Crippen molar-refractivity contribution in [1.29, 1.82) is 0 Å². The van der Waals surface area contributed by atoms with E-state index in [1.54, 1.807) is 6.92 Å². The van der Waals surface area contributed by atoms with Crippen LogP contribution in [0, 0.1) is 0 Å². The summed E-state index contributed by atoms with van der Waals surface area (Å²) < 4.78 is 21.6. The molecule has 0 aliphatic carbocycles. The van der Waals surface area contributed by atoms with Gasteiger partial charge in [-0.25, -0.2) is 4.99 Å². The summed E-state index contributed by atoms with van der Waals surface area (Å²) >= 11 is 0. The molecule has 25 heavy (non-hydrogen) atoms. The van der Waals surface area contributed by atoms with Crippen LogP contribution in [-0.4, -0.2) is 111 Å². The molecule has 3 rings (SSSR count). The van der Waals surface area contributed by atoms with Crippen LogP contribution in [0.1, 0.15) is 6.92 Å². The van der Waals surface area contributed by atoms with Crippen molar-refractivity contribution in [3.8, 4) is 0 Å². The molecule has 0 amide bonds. The Hall–Kier alpha value is -0.890. The molecule has 0 saturated carbocycles. The maximum Gasteiger partial charge on any atom is 0.227 e. The first-order valence-electron chi connectivity index (χ1n) is 7.98. The van der Waals surface area contributed by atoms with Crippen molar-refractivity contribution >= 4 is 5.90 Å². The van der Waals surface area contributed by atoms with Gasteiger partial charge in [-0.2, -0.15) is 0 Å². The van der Waals surface area contributed by atoms with E-state index in [1.807, 2.05) is 0 Å². The van der Waals surface area contributed by atoms with Crippen LogP contribution in [0.4, 0.5) is 0 Å². The largest absolute Gasteiger partial charge is 0.450 e. The minimum Gasteiger partial charge on any atom is -0.450 e. The van der Waals surface area contributed by atoms with Crippen LogP contribution in [0.2, 0.25) is 0 Å². The van der Waals surface area contributed by atoms with Gasteiger partial charge in [0.05, 0.1) is 13.2 Å². The molecule has 2 saturated heterocycles. The minimum absolute atomic E-state index is 0.319. The first-order chi connectivity index (χ1) is 11.9. The molecule has 0 spiro atoms. The third kappa shape index (κ3) is 3.39. The maximum atomic E-state index is 10.5. The van der Waals surface area contributed by atoms with E-state index in [4.69, 9.17) is 18.9 Å². The molecular weight excluding hydrogens is 342 g/mol.